The number of likely N-dealkylation sites (N-methyl/N-ethyl adjacent to an activating group) is 1. The molecule has 0 aromatic heterocycles. The third kappa shape index (κ3) is 2.56. The second-order valence-electron chi connectivity index (χ2n) is 5.73. The van der Waals surface area contributed by atoms with Crippen molar-refractivity contribution in [2.24, 2.45) is 17.6 Å². The molecule has 18 heavy (non-hydrogen) atoms. The molecule has 2 N–H and O–H groups in total. The second kappa shape index (κ2) is 4.73. The van der Waals surface area contributed by atoms with Crippen LogP contribution in [0.2, 0.25) is 0 Å². The number of rotatable bonds is 4. The molecule has 1 aliphatic carbocycles. The van der Waals surface area contributed by atoms with E-state index in [-0.39, 0.29) is 5.91 Å². The van der Waals surface area contributed by atoms with Gasteiger partial charge in [-0.15, -0.1) is 0 Å². The van der Waals surface area contributed by atoms with Gasteiger partial charge in [0.15, 0.2) is 0 Å². The van der Waals surface area contributed by atoms with Crippen LogP contribution in [0.15, 0.2) is 30.3 Å². The lowest BCUT2D eigenvalue weighted by Gasteiger charge is -2.29. The minimum Gasteiger partial charge on any atom is -0.344 e. The van der Waals surface area contributed by atoms with Crippen molar-refractivity contribution in [1.82, 2.24) is 4.90 Å². The highest BCUT2D eigenvalue weighted by Gasteiger charge is 2.38. The highest BCUT2D eigenvalue weighted by atomic mass is 16.2. The Bertz CT molecular complexity index is 427. The molecule has 0 bridgehead atoms. The molecule has 1 aromatic rings. The molecule has 2 rings (SSSR count). The van der Waals surface area contributed by atoms with Crippen molar-refractivity contribution in [2.45, 2.75) is 25.8 Å². The predicted molar refractivity (Wildman–Crippen MR) is 72.9 cm³/mol. The summed E-state index contributed by atoms with van der Waals surface area (Å²) in [5.74, 6) is 1.40. The molecule has 1 fully saturated rings. The normalized spacial score (nSPS) is 25.3. The van der Waals surface area contributed by atoms with Crippen LogP contribution in [-0.2, 0) is 10.3 Å². The summed E-state index contributed by atoms with van der Waals surface area (Å²) in [5.41, 5.74) is 6.15. The van der Waals surface area contributed by atoms with E-state index in [0.29, 0.717) is 5.92 Å². The van der Waals surface area contributed by atoms with E-state index in [1.54, 1.807) is 11.8 Å². The molecule has 1 amide bonds. The molecule has 98 valence electrons. The van der Waals surface area contributed by atoms with E-state index in [0.717, 1.165) is 18.0 Å². The first-order chi connectivity index (χ1) is 8.43. The highest BCUT2D eigenvalue weighted by Crippen LogP contribution is 2.38. The molecule has 1 aromatic carbocycles. The first-order valence-corrected chi connectivity index (χ1v) is 6.53. The minimum absolute atomic E-state index is 0.00667. The van der Waals surface area contributed by atoms with Gasteiger partial charge in [0, 0.05) is 13.6 Å². The molecule has 0 heterocycles. The van der Waals surface area contributed by atoms with Crippen LogP contribution in [0, 0.1) is 11.8 Å². The Labute approximate surface area is 109 Å². The van der Waals surface area contributed by atoms with E-state index in [4.69, 9.17) is 5.73 Å². The predicted octanol–water partition coefficient (Wildman–Crippen LogP) is 1.97. The molecule has 0 saturated heterocycles. The lowest BCUT2D eigenvalue weighted by Crippen LogP contribution is -2.50. The molecule has 1 saturated carbocycles. The monoisotopic (exact) mass is 246 g/mol. The van der Waals surface area contributed by atoms with Gasteiger partial charge >= 0.3 is 0 Å². The molecular weight excluding hydrogens is 224 g/mol. The summed E-state index contributed by atoms with van der Waals surface area (Å²) in [5, 5.41) is 0. The number of amides is 1. The first-order valence-electron chi connectivity index (χ1n) is 6.53. The van der Waals surface area contributed by atoms with E-state index in [9.17, 15) is 4.79 Å². The van der Waals surface area contributed by atoms with Crippen LogP contribution in [0.4, 0.5) is 0 Å². The number of nitrogens with two attached hydrogens (primary N) is 1. The van der Waals surface area contributed by atoms with Gasteiger partial charge in [-0.1, -0.05) is 37.3 Å². The maximum Gasteiger partial charge on any atom is 0.246 e. The van der Waals surface area contributed by atoms with E-state index in [1.807, 2.05) is 37.4 Å². The number of hydrogen-bond acceptors (Lipinski definition) is 2. The Balaban J connectivity index is 2.07. The van der Waals surface area contributed by atoms with Gasteiger partial charge in [0.2, 0.25) is 5.91 Å². The fourth-order valence-corrected chi connectivity index (χ4v) is 2.39. The summed E-state index contributed by atoms with van der Waals surface area (Å²) in [4.78, 5) is 14.2. The van der Waals surface area contributed by atoms with Gasteiger partial charge in [-0.25, -0.2) is 0 Å². The zero-order valence-electron chi connectivity index (χ0n) is 11.4. The van der Waals surface area contributed by atoms with E-state index >= 15 is 0 Å². The van der Waals surface area contributed by atoms with Gasteiger partial charge < -0.3 is 10.6 Å². The lowest BCUT2D eigenvalue weighted by atomic mass is 9.91. The van der Waals surface area contributed by atoms with Crippen LogP contribution < -0.4 is 5.73 Å². The smallest absolute Gasteiger partial charge is 0.246 e. The van der Waals surface area contributed by atoms with E-state index in [1.165, 1.54) is 6.42 Å². The van der Waals surface area contributed by atoms with Crippen LogP contribution in [0.1, 0.15) is 25.8 Å². The zero-order valence-corrected chi connectivity index (χ0v) is 11.4. The Morgan fingerprint density at radius 1 is 1.44 bits per heavy atom. The fourth-order valence-electron chi connectivity index (χ4n) is 2.39. The largest absolute Gasteiger partial charge is 0.344 e. The quantitative estimate of drug-likeness (QED) is 0.883. The Morgan fingerprint density at radius 2 is 2.00 bits per heavy atom. The van der Waals surface area contributed by atoms with Crippen LogP contribution in [0.3, 0.4) is 0 Å². The number of hydrogen-bond donors (Lipinski definition) is 1. The third-order valence-corrected chi connectivity index (χ3v) is 3.95. The summed E-state index contributed by atoms with van der Waals surface area (Å²) in [6.45, 7) is 4.83. The number of nitrogens with zero attached hydrogens (tertiary/aromatic N) is 1. The molecule has 0 spiro atoms. The standard InChI is InChI=1S/C15H22N2O/c1-11-9-12(11)10-17(3)14(18)15(2,16)13-7-5-4-6-8-13/h4-8,11-12H,9-10,16H2,1-3H3. The van der Waals surface area contributed by atoms with Gasteiger partial charge in [0.1, 0.15) is 5.54 Å². The SMILES string of the molecule is CC1CC1CN(C)C(=O)C(C)(N)c1ccccc1. The first kappa shape index (κ1) is 13.1. The summed E-state index contributed by atoms with van der Waals surface area (Å²) in [6.07, 6.45) is 1.23. The summed E-state index contributed by atoms with van der Waals surface area (Å²) in [7, 11) is 1.85. The van der Waals surface area contributed by atoms with Crippen LogP contribution in [0.5, 0.6) is 0 Å². The van der Waals surface area contributed by atoms with Crippen molar-refractivity contribution < 1.29 is 4.79 Å². The molecule has 0 aliphatic heterocycles. The van der Waals surface area contributed by atoms with Crippen molar-refractivity contribution in [3.8, 4) is 0 Å². The zero-order chi connectivity index (χ0) is 13.3. The Hall–Kier alpha value is -1.35. The third-order valence-electron chi connectivity index (χ3n) is 3.95. The van der Waals surface area contributed by atoms with Gasteiger partial charge in [0.25, 0.3) is 0 Å². The van der Waals surface area contributed by atoms with E-state index < -0.39 is 5.54 Å². The molecule has 3 heteroatoms. The maximum absolute atomic E-state index is 12.4. The number of benzene rings is 1. The van der Waals surface area contributed by atoms with Crippen molar-refractivity contribution in [3.05, 3.63) is 35.9 Å². The topological polar surface area (TPSA) is 46.3 Å². The van der Waals surface area contributed by atoms with Gasteiger partial charge in [-0.05, 0) is 30.7 Å². The lowest BCUT2D eigenvalue weighted by molar-refractivity contribution is -0.135. The van der Waals surface area contributed by atoms with Gasteiger partial charge in [0.05, 0.1) is 0 Å². The van der Waals surface area contributed by atoms with Crippen molar-refractivity contribution in [2.75, 3.05) is 13.6 Å². The summed E-state index contributed by atoms with van der Waals surface area (Å²) in [6, 6.07) is 9.57. The van der Waals surface area contributed by atoms with E-state index in [2.05, 4.69) is 6.92 Å². The molecular formula is C15H22N2O. The van der Waals surface area contributed by atoms with Crippen molar-refractivity contribution in [3.63, 3.8) is 0 Å². The van der Waals surface area contributed by atoms with Crippen LogP contribution in [-0.4, -0.2) is 24.4 Å². The molecule has 3 nitrogen and oxygen atoms in total. The molecule has 3 atom stereocenters. The average molecular weight is 246 g/mol. The van der Waals surface area contributed by atoms with Gasteiger partial charge in [-0.2, -0.15) is 0 Å². The Kier molecular flexibility index (Phi) is 3.44. The molecule has 0 radical (unpaired) electrons. The maximum atomic E-state index is 12.4. The summed E-state index contributed by atoms with van der Waals surface area (Å²) < 4.78 is 0. The van der Waals surface area contributed by atoms with Crippen molar-refractivity contribution in [1.29, 1.82) is 0 Å². The number of carbonyl (C=O) groups is 1. The minimum atomic E-state index is -0.936. The fraction of sp³-hybridized carbons (Fsp3) is 0.533. The van der Waals surface area contributed by atoms with Gasteiger partial charge in [-0.3, -0.25) is 4.79 Å². The average Bonchev–Trinajstić information content (AvgIpc) is 3.04. The number of carbonyl (C=O) groups excluding carboxylic acids is 1. The van der Waals surface area contributed by atoms with Crippen LogP contribution in [0.25, 0.3) is 0 Å². The molecule has 3 unspecified atom stereocenters. The second-order valence-corrected chi connectivity index (χ2v) is 5.73. The highest BCUT2D eigenvalue weighted by molar-refractivity contribution is 5.86. The van der Waals surface area contributed by atoms with Crippen LogP contribution >= 0.6 is 0 Å². The Morgan fingerprint density at radius 3 is 2.50 bits per heavy atom. The summed E-state index contributed by atoms with van der Waals surface area (Å²) >= 11 is 0. The van der Waals surface area contributed by atoms with Crippen molar-refractivity contribution >= 4 is 5.91 Å². The molecule has 1 aliphatic rings.